The van der Waals surface area contributed by atoms with Crippen molar-refractivity contribution in [3.05, 3.63) is 0 Å². The largest absolute Gasteiger partial charge is 0.368 e. The first-order valence-corrected chi connectivity index (χ1v) is 14.2. The smallest absolute Gasteiger partial charge is 0.245 e. The van der Waals surface area contributed by atoms with Gasteiger partial charge in [0.15, 0.2) is 8.45 Å². The first kappa shape index (κ1) is 31.2. The lowest BCUT2D eigenvalue weighted by atomic mass is 10.3. The number of hydrogen-bond acceptors (Lipinski definition) is 6. The molecule has 0 saturated carbocycles. The molecule has 0 aliphatic rings. The van der Waals surface area contributed by atoms with Crippen molar-refractivity contribution in [1.82, 2.24) is 9.34 Å². The van der Waals surface area contributed by atoms with E-state index in [2.05, 4.69) is 85.5 Å². The first-order valence-electron chi connectivity index (χ1n) is 12.0. The van der Waals surface area contributed by atoms with Crippen molar-refractivity contribution < 1.29 is 18.5 Å². The third-order valence-electron chi connectivity index (χ3n) is 5.73. The average molecular weight is 481 g/mol. The fourth-order valence-corrected chi connectivity index (χ4v) is 6.93. The Balaban J connectivity index is 4.75. The third-order valence-corrected chi connectivity index (χ3v) is 9.51. The Bertz CT molecular complexity index is 444. The summed E-state index contributed by atoms with van der Waals surface area (Å²) < 4.78 is 18.0. The van der Waals surface area contributed by atoms with Crippen LogP contribution < -0.4 is 0 Å². The molecule has 0 aliphatic heterocycles. The predicted octanol–water partition coefficient (Wildman–Crippen LogP) is 5.58. The third kappa shape index (κ3) is 10.8. The minimum absolute atomic E-state index is 0.213. The van der Waals surface area contributed by atoms with Gasteiger partial charge in [0.25, 0.3) is 0 Å². The lowest BCUT2D eigenvalue weighted by molar-refractivity contribution is -0.915. The van der Waals surface area contributed by atoms with Gasteiger partial charge in [0.05, 0.1) is 38.8 Å². The molecule has 31 heavy (non-hydrogen) atoms. The first-order chi connectivity index (χ1) is 14.5. The van der Waals surface area contributed by atoms with Crippen LogP contribution in [-0.2, 0) is 14.1 Å². The van der Waals surface area contributed by atoms with Crippen LogP contribution in [0.4, 0.5) is 0 Å². The second-order valence-electron chi connectivity index (χ2n) is 9.21. The molecule has 0 bridgehead atoms. The summed E-state index contributed by atoms with van der Waals surface area (Å²) in [5.41, 5.74) is 0. The molecular weight excluding hydrogens is 429 g/mol. The van der Waals surface area contributed by atoms with Gasteiger partial charge < -0.3 is 13.7 Å². The molecule has 186 valence electrons. The van der Waals surface area contributed by atoms with Crippen molar-refractivity contribution in [2.45, 2.75) is 100 Å². The molecule has 0 aromatic carbocycles. The molecule has 0 rings (SSSR count). The van der Waals surface area contributed by atoms with E-state index in [0.29, 0.717) is 49.9 Å². The van der Waals surface area contributed by atoms with E-state index in [1.807, 2.05) is 0 Å². The summed E-state index contributed by atoms with van der Waals surface area (Å²) >= 11 is 1.29. The Morgan fingerprint density at radius 2 is 1.23 bits per heavy atom. The molecule has 0 heterocycles. The van der Waals surface area contributed by atoms with E-state index in [-0.39, 0.29) is 5.12 Å². The summed E-state index contributed by atoms with van der Waals surface area (Å²) in [7, 11) is -0.894. The van der Waals surface area contributed by atoms with E-state index >= 15 is 0 Å². The number of carbonyl (C=O) groups excluding carboxylic acids is 1. The van der Waals surface area contributed by atoms with Crippen LogP contribution >= 0.6 is 20.2 Å². The quantitative estimate of drug-likeness (QED) is 0.117. The molecule has 0 aromatic heterocycles. The molecule has 0 spiro atoms. The summed E-state index contributed by atoms with van der Waals surface area (Å²) in [6.45, 7) is 28.9. The zero-order chi connectivity index (χ0) is 24.2. The Morgan fingerprint density at radius 1 is 0.806 bits per heavy atom. The molecule has 0 radical (unpaired) electrons. The molecule has 0 amide bonds. The van der Waals surface area contributed by atoms with Crippen LogP contribution in [0.25, 0.3) is 0 Å². The zero-order valence-corrected chi connectivity index (χ0v) is 23.9. The van der Waals surface area contributed by atoms with Crippen molar-refractivity contribution in [2.75, 3.05) is 45.3 Å². The minimum atomic E-state index is -0.894. The predicted molar refractivity (Wildman–Crippen MR) is 137 cm³/mol. The number of carbonyl (C=O) groups is 1. The van der Waals surface area contributed by atoms with E-state index in [0.717, 1.165) is 24.1 Å². The lowest BCUT2D eigenvalue weighted by Gasteiger charge is -2.45. The van der Waals surface area contributed by atoms with Gasteiger partial charge in [-0.3, -0.25) is 4.79 Å². The van der Waals surface area contributed by atoms with Gasteiger partial charge in [-0.05, 0) is 76.2 Å². The molecule has 0 unspecified atom stereocenters. The Labute approximate surface area is 198 Å². The van der Waals surface area contributed by atoms with Crippen LogP contribution in [0.1, 0.15) is 76.2 Å². The summed E-state index contributed by atoms with van der Waals surface area (Å²) in [5.74, 6) is 0.396. The fraction of sp³-hybridized carbons (Fsp3) is 0.957. The van der Waals surface area contributed by atoms with Gasteiger partial charge in [-0.2, -0.15) is 0 Å². The highest BCUT2D eigenvalue weighted by atomic mass is 32.2. The number of rotatable bonds is 17. The Morgan fingerprint density at radius 3 is 1.58 bits per heavy atom. The van der Waals surface area contributed by atoms with Gasteiger partial charge in [0, 0.05) is 24.2 Å². The molecule has 8 heteroatoms. The number of thioether (sulfide) groups is 1. The molecule has 0 aromatic rings. The van der Waals surface area contributed by atoms with Crippen LogP contribution in [0.2, 0.25) is 0 Å². The summed E-state index contributed by atoms with van der Waals surface area (Å²) in [5, 5.41) is 0.213. The van der Waals surface area contributed by atoms with Crippen molar-refractivity contribution in [3.63, 3.8) is 0 Å². The van der Waals surface area contributed by atoms with Crippen LogP contribution in [0.3, 0.4) is 0 Å². The van der Waals surface area contributed by atoms with Crippen LogP contribution in [0, 0.1) is 0 Å². The Hall–Kier alpha value is 0.250. The van der Waals surface area contributed by atoms with Gasteiger partial charge in [-0.15, -0.1) is 0 Å². The molecule has 6 nitrogen and oxygen atoms in total. The number of likely N-dealkylation sites (N-methyl/N-ethyl adjacent to an activating group) is 1. The normalized spacial score (nSPS) is 13.2. The molecular formula is C23H51N3O3PS+. The Kier molecular flexibility index (Phi) is 16.1. The molecule has 0 atom stereocenters. The molecule has 0 fully saturated rings. The molecule has 0 saturated heterocycles. The summed E-state index contributed by atoms with van der Waals surface area (Å²) in [6.07, 6.45) is 0. The molecule has 0 N–H and O–H groups in total. The number of hydrogen-bond donors (Lipinski definition) is 0. The van der Waals surface area contributed by atoms with Crippen molar-refractivity contribution in [3.8, 4) is 0 Å². The van der Waals surface area contributed by atoms with Gasteiger partial charge in [-0.25, -0.2) is 9.34 Å². The average Bonchev–Trinajstić information content (AvgIpc) is 2.67. The number of ether oxygens (including phenoxy) is 1. The van der Waals surface area contributed by atoms with E-state index in [1.54, 1.807) is 0 Å². The summed E-state index contributed by atoms with van der Waals surface area (Å²) in [6, 6.07) is 1.59. The van der Waals surface area contributed by atoms with Crippen molar-refractivity contribution in [2.24, 2.45) is 0 Å². The molecule has 0 aliphatic carbocycles. The maximum atomic E-state index is 12.4. The van der Waals surface area contributed by atoms with Gasteiger partial charge in [-0.1, -0.05) is 11.8 Å². The maximum absolute atomic E-state index is 12.4. The van der Waals surface area contributed by atoms with E-state index < -0.39 is 8.45 Å². The second kappa shape index (κ2) is 16.0. The SMILES string of the molecule is CC[N+](CC)(CC)CC(=O)SCOCCOP(N(C(C)C)C(C)C)N(C(C)C)C(C)C. The van der Waals surface area contributed by atoms with Gasteiger partial charge in [0.2, 0.25) is 5.12 Å². The zero-order valence-electron chi connectivity index (χ0n) is 22.2. The fourth-order valence-electron chi connectivity index (χ4n) is 3.91. The van der Waals surface area contributed by atoms with Crippen LogP contribution in [0.15, 0.2) is 0 Å². The number of quaternary nitrogens is 1. The standard InChI is InChI=1S/C23H51N3O3PS/c1-12-26(13-2,14-3)17-23(27)31-18-28-15-16-29-30(24(19(4)5)20(6)7)25(21(8)9)22(10)11/h19-22H,12-18H2,1-11H3/q+1. The van der Waals surface area contributed by atoms with Crippen molar-refractivity contribution in [1.29, 1.82) is 0 Å². The van der Waals surface area contributed by atoms with Crippen LogP contribution in [-0.4, -0.2) is 88.4 Å². The highest BCUT2D eigenvalue weighted by molar-refractivity contribution is 8.13. The van der Waals surface area contributed by atoms with E-state index in [4.69, 9.17) is 9.26 Å². The summed E-state index contributed by atoms with van der Waals surface area (Å²) in [4.78, 5) is 12.4. The van der Waals surface area contributed by atoms with E-state index in [1.165, 1.54) is 11.8 Å². The van der Waals surface area contributed by atoms with E-state index in [9.17, 15) is 4.79 Å². The van der Waals surface area contributed by atoms with Crippen LogP contribution in [0.5, 0.6) is 0 Å². The van der Waals surface area contributed by atoms with Crippen molar-refractivity contribution >= 4 is 25.3 Å². The highest BCUT2D eigenvalue weighted by Crippen LogP contribution is 2.50. The second-order valence-corrected chi connectivity index (χ2v) is 11.9. The van der Waals surface area contributed by atoms with Gasteiger partial charge >= 0.3 is 0 Å². The highest BCUT2D eigenvalue weighted by Gasteiger charge is 2.34. The lowest BCUT2D eigenvalue weighted by Crippen LogP contribution is -2.50. The van der Waals surface area contributed by atoms with Gasteiger partial charge in [0.1, 0.15) is 6.54 Å². The topological polar surface area (TPSA) is 42.0 Å². The maximum Gasteiger partial charge on any atom is 0.245 e. The minimum Gasteiger partial charge on any atom is -0.368 e. The monoisotopic (exact) mass is 480 g/mol. The number of nitrogens with zero attached hydrogens (tertiary/aromatic N) is 3.